The van der Waals surface area contributed by atoms with Crippen LogP contribution in [0.5, 0.6) is 5.75 Å². The van der Waals surface area contributed by atoms with Crippen LogP contribution in [-0.4, -0.2) is 64.5 Å². The van der Waals surface area contributed by atoms with E-state index < -0.39 is 0 Å². The van der Waals surface area contributed by atoms with E-state index in [1.165, 1.54) is 0 Å². The van der Waals surface area contributed by atoms with Crippen molar-refractivity contribution >= 4 is 11.7 Å². The number of hydrogen-bond donors (Lipinski definition) is 1. The Morgan fingerprint density at radius 3 is 2.96 bits per heavy atom. The summed E-state index contributed by atoms with van der Waals surface area (Å²) in [6.07, 6.45) is 4.32. The highest BCUT2D eigenvalue weighted by atomic mass is 16.5. The summed E-state index contributed by atoms with van der Waals surface area (Å²) >= 11 is 0. The maximum absolute atomic E-state index is 12.5. The number of ether oxygens (including phenoxy) is 2. The third kappa shape index (κ3) is 4.59. The third-order valence-electron chi connectivity index (χ3n) is 4.52. The molecule has 0 spiro atoms. The number of carbonyl (C=O) groups excluding carboxylic acids is 1. The molecule has 0 saturated carbocycles. The number of nitrogens with zero attached hydrogens (tertiary/aromatic N) is 4. The molecule has 0 radical (unpaired) electrons. The number of amides is 1. The van der Waals surface area contributed by atoms with Gasteiger partial charge in [0, 0.05) is 39.0 Å². The molecule has 2 aromatic heterocycles. The van der Waals surface area contributed by atoms with Crippen LogP contribution in [0, 0.1) is 6.92 Å². The van der Waals surface area contributed by atoms with Crippen molar-refractivity contribution in [3.63, 3.8) is 0 Å². The van der Waals surface area contributed by atoms with Gasteiger partial charge < -0.3 is 14.8 Å². The second kappa shape index (κ2) is 8.29. The lowest BCUT2D eigenvalue weighted by Crippen LogP contribution is -2.40. The lowest BCUT2D eigenvalue weighted by Gasteiger charge is -2.23. The monoisotopic (exact) mass is 359 g/mol. The van der Waals surface area contributed by atoms with Gasteiger partial charge in [-0.1, -0.05) is 0 Å². The zero-order chi connectivity index (χ0) is 18.5. The van der Waals surface area contributed by atoms with Crippen LogP contribution < -0.4 is 10.1 Å². The number of anilines is 1. The topological polar surface area (TPSA) is 81.5 Å². The van der Waals surface area contributed by atoms with E-state index in [0.29, 0.717) is 19.0 Å². The van der Waals surface area contributed by atoms with Gasteiger partial charge in [-0.3, -0.25) is 19.4 Å². The summed E-state index contributed by atoms with van der Waals surface area (Å²) in [7, 11) is 3.51. The van der Waals surface area contributed by atoms with Gasteiger partial charge in [0.15, 0.2) is 0 Å². The quantitative estimate of drug-likeness (QED) is 0.801. The predicted molar refractivity (Wildman–Crippen MR) is 97.1 cm³/mol. The first-order chi connectivity index (χ1) is 12.5. The van der Waals surface area contributed by atoms with Gasteiger partial charge in [0.1, 0.15) is 18.2 Å². The Hall–Kier alpha value is -2.45. The third-order valence-corrected chi connectivity index (χ3v) is 4.52. The molecule has 26 heavy (non-hydrogen) atoms. The first kappa shape index (κ1) is 18.3. The van der Waals surface area contributed by atoms with Gasteiger partial charge in [0.25, 0.3) is 0 Å². The maximum Gasteiger partial charge on any atom is 0.239 e. The van der Waals surface area contributed by atoms with E-state index in [9.17, 15) is 4.79 Å². The standard InChI is InChI=1S/C18H25N5O3/c1-13-7-17(22(2)21-13)20-18(24)11-23-10-16(25-3)8-14(23)12-26-15-5-4-6-19-9-15/h4-7,9,14,16H,8,10-12H2,1-3H3,(H,20,24)/t14-,16+/m0/s1. The summed E-state index contributed by atoms with van der Waals surface area (Å²) in [4.78, 5) is 18.6. The lowest BCUT2D eigenvalue weighted by atomic mass is 10.2. The fourth-order valence-electron chi connectivity index (χ4n) is 3.19. The Labute approximate surface area is 153 Å². The molecular weight excluding hydrogens is 334 g/mol. The van der Waals surface area contributed by atoms with Gasteiger partial charge >= 0.3 is 0 Å². The van der Waals surface area contributed by atoms with Crippen LogP contribution in [0.15, 0.2) is 30.6 Å². The number of likely N-dealkylation sites (tertiary alicyclic amines) is 1. The van der Waals surface area contributed by atoms with Gasteiger partial charge in [0.05, 0.1) is 24.5 Å². The van der Waals surface area contributed by atoms with E-state index in [4.69, 9.17) is 9.47 Å². The van der Waals surface area contributed by atoms with Crippen molar-refractivity contribution in [2.24, 2.45) is 7.05 Å². The molecule has 3 heterocycles. The molecule has 1 saturated heterocycles. The average molecular weight is 359 g/mol. The molecule has 1 fully saturated rings. The summed E-state index contributed by atoms with van der Waals surface area (Å²) in [6.45, 7) is 3.37. The van der Waals surface area contributed by atoms with Crippen molar-refractivity contribution in [1.82, 2.24) is 19.7 Å². The number of hydrogen-bond acceptors (Lipinski definition) is 6. The van der Waals surface area contributed by atoms with Crippen LogP contribution in [0.4, 0.5) is 5.82 Å². The van der Waals surface area contributed by atoms with Crippen molar-refractivity contribution in [3.8, 4) is 5.75 Å². The summed E-state index contributed by atoms with van der Waals surface area (Å²) in [5.41, 5.74) is 0.867. The Balaban J connectivity index is 1.58. The van der Waals surface area contributed by atoms with Gasteiger partial charge in [-0.15, -0.1) is 0 Å². The van der Waals surface area contributed by atoms with Crippen LogP contribution in [0.2, 0.25) is 0 Å². The van der Waals surface area contributed by atoms with E-state index >= 15 is 0 Å². The molecule has 8 nitrogen and oxygen atoms in total. The summed E-state index contributed by atoms with van der Waals surface area (Å²) in [5.74, 6) is 1.34. The molecule has 140 valence electrons. The van der Waals surface area contributed by atoms with Crippen LogP contribution in [0.1, 0.15) is 12.1 Å². The molecule has 2 aromatic rings. The summed E-state index contributed by atoms with van der Waals surface area (Å²) in [6, 6.07) is 5.67. The number of rotatable bonds is 7. The van der Waals surface area contributed by atoms with Crippen molar-refractivity contribution < 1.29 is 14.3 Å². The molecule has 0 unspecified atom stereocenters. The molecule has 1 aliphatic heterocycles. The van der Waals surface area contributed by atoms with Gasteiger partial charge in [-0.25, -0.2) is 0 Å². The van der Waals surface area contributed by atoms with Gasteiger partial charge in [0.2, 0.25) is 5.91 Å². The highest BCUT2D eigenvalue weighted by Crippen LogP contribution is 2.21. The van der Waals surface area contributed by atoms with Crippen molar-refractivity contribution in [2.75, 3.05) is 32.1 Å². The van der Waals surface area contributed by atoms with E-state index in [0.717, 1.165) is 17.9 Å². The van der Waals surface area contributed by atoms with Crippen molar-refractivity contribution in [3.05, 3.63) is 36.3 Å². The molecule has 1 aliphatic rings. The Morgan fingerprint density at radius 1 is 1.46 bits per heavy atom. The Morgan fingerprint density at radius 2 is 2.31 bits per heavy atom. The zero-order valence-corrected chi connectivity index (χ0v) is 15.4. The summed E-state index contributed by atoms with van der Waals surface area (Å²) in [5, 5.41) is 7.15. The van der Waals surface area contributed by atoms with Crippen LogP contribution >= 0.6 is 0 Å². The summed E-state index contributed by atoms with van der Waals surface area (Å²) < 4.78 is 13.0. The number of nitrogens with one attached hydrogen (secondary N) is 1. The zero-order valence-electron chi connectivity index (χ0n) is 15.4. The number of pyridine rings is 1. The van der Waals surface area contributed by atoms with Crippen LogP contribution in [0.25, 0.3) is 0 Å². The average Bonchev–Trinajstić information content (AvgIpc) is 3.16. The molecule has 0 aliphatic carbocycles. The first-order valence-electron chi connectivity index (χ1n) is 8.65. The van der Waals surface area contributed by atoms with E-state index in [1.807, 2.05) is 32.2 Å². The number of aryl methyl sites for hydroxylation is 2. The molecule has 1 N–H and O–H groups in total. The Bertz CT molecular complexity index is 734. The maximum atomic E-state index is 12.5. The first-order valence-corrected chi connectivity index (χ1v) is 8.65. The molecular formula is C18H25N5O3. The van der Waals surface area contributed by atoms with E-state index in [1.54, 1.807) is 24.2 Å². The van der Waals surface area contributed by atoms with Gasteiger partial charge in [-0.05, 0) is 25.5 Å². The fourth-order valence-corrected chi connectivity index (χ4v) is 3.19. The lowest BCUT2D eigenvalue weighted by molar-refractivity contribution is -0.117. The minimum absolute atomic E-state index is 0.0730. The molecule has 3 rings (SSSR count). The van der Waals surface area contributed by atoms with Crippen LogP contribution in [-0.2, 0) is 16.6 Å². The second-order valence-corrected chi connectivity index (χ2v) is 6.52. The van der Waals surface area contributed by atoms with Crippen molar-refractivity contribution in [2.45, 2.75) is 25.5 Å². The highest BCUT2D eigenvalue weighted by Gasteiger charge is 2.33. The molecule has 0 aromatic carbocycles. The fraction of sp³-hybridized carbons (Fsp3) is 0.500. The number of carbonyl (C=O) groups is 1. The molecule has 0 bridgehead atoms. The number of aromatic nitrogens is 3. The van der Waals surface area contributed by atoms with E-state index in [-0.39, 0.29) is 24.6 Å². The van der Waals surface area contributed by atoms with E-state index in [2.05, 4.69) is 20.3 Å². The van der Waals surface area contributed by atoms with Gasteiger partial charge in [-0.2, -0.15) is 5.10 Å². The minimum Gasteiger partial charge on any atom is -0.490 e. The van der Waals surface area contributed by atoms with Crippen molar-refractivity contribution in [1.29, 1.82) is 0 Å². The Kier molecular flexibility index (Phi) is 5.85. The molecule has 1 amide bonds. The minimum atomic E-state index is -0.0730. The largest absolute Gasteiger partial charge is 0.490 e. The smallest absolute Gasteiger partial charge is 0.239 e. The normalized spacial score (nSPS) is 20.3. The van der Waals surface area contributed by atoms with Crippen LogP contribution in [0.3, 0.4) is 0 Å². The predicted octanol–water partition coefficient (Wildman–Crippen LogP) is 1.23. The molecule has 2 atom stereocenters. The molecule has 8 heteroatoms. The SMILES string of the molecule is CO[C@@H]1C[C@@H](COc2cccnc2)N(CC(=O)Nc2cc(C)nn2C)C1. The number of methoxy groups -OCH3 is 1. The highest BCUT2D eigenvalue weighted by molar-refractivity contribution is 5.91. The second-order valence-electron chi connectivity index (χ2n) is 6.52.